The summed E-state index contributed by atoms with van der Waals surface area (Å²) in [5.74, 6) is -1.33. The van der Waals surface area contributed by atoms with Crippen molar-refractivity contribution in [3.63, 3.8) is 0 Å². The van der Waals surface area contributed by atoms with E-state index in [4.69, 9.17) is 5.11 Å². The minimum absolute atomic E-state index is 0.0488. The fourth-order valence-corrected chi connectivity index (χ4v) is 1.76. The summed E-state index contributed by atoms with van der Waals surface area (Å²) in [5.41, 5.74) is 1.72. The Morgan fingerprint density at radius 2 is 2.17 bits per heavy atom. The van der Waals surface area contributed by atoms with Crippen LogP contribution >= 0.6 is 0 Å². The van der Waals surface area contributed by atoms with Crippen LogP contribution in [0.3, 0.4) is 0 Å². The van der Waals surface area contributed by atoms with Gasteiger partial charge >= 0.3 is 5.97 Å². The molecule has 0 unspecified atom stereocenters. The Morgan fingerprint density at radius 1 is 1.50 bits per heavy atom. The van der Waals surface area contributed by atoms with Gasteiger partial charge in [0.1, 0.15) is 12.6 Å². The van der Waals surface area contributed by atoms with E-state index in [0.717, 1.165) is 11.4 Å². The quantitative estimate of drug-likeness (QED) is 0.787. The molecule has 6 heteroatoms. The molecule has 1 aromatic rings. The molecule has 2 N–H and O–H groups in total. The van der Waals surface area contributed by atoms with E-state index in [-0.39, 0.29) is 12.5 Å². The normalized spacial score (nSPS) is 12.2. The first-order valence-electron chi connectivity index (χ1n) is 5.97. The van der Waals surface area contributed by atoms with Crippen molar-refractivity contribution in [3.05, 3.63) is 17.5 Å². The third-order valence-electron chi connectivity index (χ3n) is 2.61. The van der Waals surface area contributed by atoms with Crippen LogP contribution in [0.2, 0.25) is 0 Å². The highest BCUT2D eigenvalue weighted by atomic mass is 16.4. The van der Waals surface area contributed by atoms with Gasteiger partial charge in [-0.3, -0.25) is 9.48 Å². The number of carboxylic acid groups (broad SMARTS) is 1. The van der Waals surface area contributed by atoms with Crippen LogP contribution in [0.1, 0.15) is 31.2 Å². The Balaban J connectivity index is 2.60. The molecule has 100 valence electrons. The van der Waals surface area contributed by atoms with E-state index in [0.29, 0.717) is 12.8 Å². The maximum absolute atomic E-state index is 11.7. The molecule has 0 aliphatic carbocycles. The molecule has 0 saturated carbocycles. The first-order valence-corrected chi connectivity index (χ1v) is 5.97. The van der Waals surface area contributed by atoms with Crippen molar-refractivity contribution in [3.8, 4) is 0 Å². The van der Waals surface area contributed by atoms with Crippen LogP contribution < -0.4 is 5.32 Å². The lowest BCUT2D eigenvalue weighted by Gasteiger charge is -2.13. The number of carboxylic acids is 1. The van der Waals surface area contributed by atoms with Gasteiger partial charge in [-0.25, -0.2) is 4.79 Å². The number of amides is 1. The maximum Gasteiger partial charge on any atom is 0.326 e. The minimum Gasteiger partial charge on any atom is -0.480 e. The number of rotatable bonds is 6. The molecule has 0 aliphatic heterocycles. The monoisotopic (exact) mass is 253 g/mol. The molecule has 1 amide bonds. The zero-order chi connectivity index (χ0) is 13.7. The van der Waals surface area contributed by atoms with Crippen LogP contribution in [0.5, 0.6) is 0 Å². The first kappa shape index (κ1) is 14.2. The van der Waals surface area contributed by atoms with Gasteiger partial charge in [-0.2, -0.15) is 5.10 Å². The van der Waals surface area contributed by atoms with Gasteiger partial charge in [0, 0.05) is 5.69 Å². The first-order chi connectivity index (χ1) is 8.43. The molecule has 0 aliphatic rings. The number of aryl methyl sites for hydroxylation is 2. The van der Waals surface area contributed by atoms with Crippen LogP contribution in [-0.4, -0.2) is 32.8 Å². The average Bonchev–Trinajstić information content (AvgIpc) is 2.56. The van der Waals surface area contributed by atoms with Crippen LogP contribution in [0, 0.1) is 13.8 Å². The highest BCUT2D eigenvalue weighted by Crippen LogP contribution is 2.02. The number of hydrogen-bond donors (Lipinski definition) is 2. The fraction of sp³-hybridized carbons (Fsp3) is 0.583. The molecule has 0 fully saturated rings. The highest BCUT2D eigenvalue weighted by Gasteiger charge is 2.19. The lowest BCUT2D eigenvalue weighted by molar-refractivity contribution is -0.142. The zero-order valence-electron chi connectivity index (χ0n) is 10.9. The van der Waals surface area contributed by atoms with Crippen LogP contribution in [0.4, 0.5) is 0 Å². The zero-order valence-corrected chi connectivity index (χ0v) is 10.9. The van der Waals surface area contributed by atoms with E-state index in [9.17, 15) is 9.59 Å². The summed E-state index contributed by atoms with van der Waals surface area (Å²) in [6, 6.07) is 1.05. The smallest absolute Gasteiger partial charge is 0.326 e. The highest BCUT2D eigenvalue weighted by molar-refractivity contribution is 5.83. The van der Waals surface area contributed by atoms with Crippen molar-refractivity contribution in [1.29, 1.82) is 0 Å². The van der Waals surface area contributed by atoms with E-state index in [1.807, 2.05) is 26.8 Å². The van der Waals surface area contributed by atoms with Crippen LogP contribution in [0.25, 0.3) is 0 Å². The van der Waals surface area contributed by atoms with Crippen molar-refractivity contribution in [2.24, 2.45) is 0 Å². The number of nitrogens with zero attached hydrogens (tertiary/aromatic N) is 2. The van der Waals surface area contributed by atoms with Crippen molar-refractivity contribution >= 4 is 11.9 Å². The molecule has 1 heterocycles. The summed E-state index contributed by atoms with van der Waals surface area (Å²) in [4.78, 5) is 22.6. The Labute approximate surface area is 106 Å². The molecule has 1 rings (SSSR count). The van der Waals surface area contributed by atoms with Crippen LogP contribution in [-0.2, 0) is 16.1 Å². The number of carbonyl (C=O) groups is 2. The number of hydrogen-bond acceptors (Lipinski definition) is 3. The molecule has 0 bridgehead atoms. The predicted molar refractivity (Wildman–Crippen MR) is 66.2 cm³/mol. The van der Waals surface area contributed by atoms with Crippen LogP contribution in [0.15, 0.2) is 6.07 Å². The third-order valence-corrected chi connectivity index (χ3v) is 2.61. The molecule has 6 nitrogen and oxygen atoms in total. The number of carbonyl (C=O) groups excluding carboxylic acids is 1. The van der Waals surface area contributed by atoms with Gasteiger partial charge < -0.3 is 10.4 Å². The Bertz CT molecular complexity index is 440. The van der Waals surface area contributed by atoms with Gasteiger partial charge in [0.25, 0.3) is 0 Å². The number of nitrogens with one attached hydrogen (secondary N) is 1. The Hall–Kier alpha value is -1.85. The van der Waals surface area contributed by atoms with Crippen molar-refractivity contribution in [2.45, 2.75) is 46.2 Å². The second kappa shape index (κ2) is 6.18. The average molecular weight is 253 g/mol. The van der Waals surface area contributed by atoms with Gasteiger partial charge in [0.2, 0.25) is 5.91 Å². The summed E-state index contributed by atoms with van der Waals surface area (Å²) in [6.45, 7) is 5.63. The second-order valence-corrected chi connectivity index (χ2v) is 4.33. The summed E-state index contributed by atoms with van der Waals surface area (Å²) in [5, 5.41) is 15.6. The summed E-state index contributed by atoms with van der Waals surface area (Å²) in [7, 11) is 0. The molecule has 18 heavy (non-hydrogen) atoms. The van der Waals surface area contributed by atoms with Crippen molar-refractivity contribution in [1.82, 2.24) is 15.1 Å². The Morgan fingerprint density at radius 3 is 2.61 bits per heavy atom. The number of aromatic nitrogens is 2. The molecule has 0 saturated heterocycles. The van der Waals surface area contributed by atoms with E-state index in [1.165, 1.54) is 0 Å². The molecule has 1 aromatic heterocycles. The summed E-state index contributed by atoms with van der Waals surface area (Å²) < 4.78 is 1.57. The third kappa shape index (κ3) is 3.87. The molecule has 1 atom stereocenters. The minimum atomic E-state index is -1.00. The van der Waals surface area contributed by atoms with E-state index in [1.54, 1.807) is 4.68 Å². The fourth-order valence-electron chi connectivity index (χ4n) is 1.76. The van der Waals surface area contributed by atoms with E-state index < -0.39 is 12.0 Å². The van der Waals surface area contributed by atoms with Crippen molar-refractivity contribution in [2.75, 3.05) is 0 Å². The molecule has 0 spiro atoms. The molecule has 0 radical (unpaired) electrons. The second-order valence-electron chi connectivity index (χ2n) is 4.33. The lowest BCUT2D eigenvalue weighted by Crippen LogP contribution is -2.42. The number of aliphatic carboxylic acids is 1. The molecular formula is C12H19N3O3. The standard InChI is InChI=1S/C12H19N3O3/c1-4-5-10(12(17)18)13-11(16)7-15-9(3)6-8(2)14-15/h6,10H,4-5,7H2,1-3H3,(H,13,16)(H,17,18)/t10-/m1/s1. The van der Waals surface area contributed by atoms with Gasteiger partial charge in [-0.15, -0.1) is 0 Å². The largest absolute Gasteiger partial charge is 0.480 e. The Kier molecular flexibility index (Phi) is 4.88. The summed E-state index contributed by atoms with van der Waals surface area (Å²) in [6.07, 6.45) is 1.13. The van der Waals surface area contributed by atoms with E-state index >= 15 is 0 Å². The summed E-state index contributed by atoms with van der Waals surface area (Å²) >= 11 is 0. The molecular weight excluding hydrogens is 234 g/mol. The topological polar surface area (TPSA) is 84.2 Å². The van der Waals surface area contributed by atoms with Crippen molar-refractivity contribution < 1.29 is 14.7 Å². The van der Waals surface area contributed by atoms with Gasteiger partial charge in [-0.1, -0.05) is 13.3 Å². The SMILES string of the molecule is CCC[C@@H](NC(=O)Cn1nc(C)cc1C)C(=O)O. The van der Waals surface area contributed by atoms with Gasteiger partial charge in [-0.05, 0) is 26.3 Å². The lowest BCUT2D eigenvalue weighted by atomic mass is 10.1. The predicted octanol–water partition coefficient (Wildman–Crippen LogP) is 0.869. The van der Waals surface area contributed by atoms with E-state index in [2.05, 4.69) is 10.4 Å². The maximum atomic E-state index is 11.7. The van der Waals surface area contributed by atoms with Gasteiger partial charge in [0.05, 0.1) is 5.69 Å². The van der Waals surface area contributed by atoms with Gasteiger partial charge in [0.15, 0.2) is 0 Å². The molecule has 0 aromatic carbocycles.